The number of fused-ring (bicyclic) bond motifs is 1. The lowest BCUT2D eigenvalue weighted by atomic mass is 10.1. The van der Waals surface area contributed by atoms with Crippen LogP contribution in [0, 0.1) is 11.3 Å². The average molecular weight is 271 g/mol. The van der Waals surface area contributed by atoms with Gasteiger partial charge >= 0.3 is 0 Å². The molecule has 1 atom stereocenters. The van der Waals surface area contributed by atoms with Gasteiger partial charge in [-0.25, -0.2) is 10.8 Å². The standard InChI is InChI=1S/C14H17N5O/c1-2-5-12(14(20)18-16)19-11-7-4-3-6-10(11)17-13(19)8-9-15/h3-4,6-7,12H,2,5,8,16H2,1H3,(H,18,20). The van der Waals surface area contributed by atoms with Crippen LogP contribution >= 0.6 is 0 Å². The summed E-state index contributed by atoms with van der Waals surface area (Å²) in [7, 11) is 0. The number of nitrogens with zero attached hydrogens (tertiary/aromatic N) is 3. The van der Waals surface area contributed by atoms with Gasteiger partial charge in [-0.15, -0.1) is 0 Å². The molecule has 1 aromatic heterocycles. The van der Waals surface area contributed by atoms with Crippen LogP contribution < -0.4 is 11.3 Å². The minimum atomic E-state index is -0.444. The van der Waals surface area contributed by atoms with E-state index in [9.17, 15) is 4.79 Å². The van der Waals surface area contributed by atoms with Crippen molar-refractivity contribution in [1.29, 1.82) is 5.26 Å². The lowest BCUT2D eigenvalue weighted by Gasteiger charge is -2.19. The number of benzene rings is 1. The fourth-order valence-corrected chi connectivity index (χ4v) is 2.38. The second kappa shape index (κ2) is 6.17. The molecule has 104 valence electrons. The number of rotatable bonds is 5. The van der Waals surface area contributed by atoms with Gasteiger partial charge in [-0.05, 0) is 18.6 Å². The van der Waals surface area contributed by atoms with Crippen LogP contribution in [0.3, 0.4) is 0 Å². The quantitative estimate of drug-likeness (QED) is 0.488. The first-order valence-corrected chi connectivity index (χ1v) is 6.56. The number of carbonyl (C=O) groups is 1. The second-order valence-corrected chi connectivity index (χ2v) is 4.53. The molecular formula is C14H17N5O. The zero-order valence-corrected chi connectivity index (χ0v) is 11.3. The van der Waals surface area contributed by atoms with Gasteiger partial charge in [0, 0.05) is 0 Å². The van der Waals surface area contributed by atoms with Crippen molar-refractivity contribution >= 4 is 16.9 Å². The summed E-state index contributed by atoms with van der Waals surface area (Å²) in [5.74, 6) is 5.60. The Morgan fingerprint density at radius 2 is 2.30 bits per heavy atom. The van der Waals surface area contributed by atoms with Gasteiger partial charge in [-0.1, -0.05) is 25.5 Å². The van der Waals surface area contributed by atoms with Crippen molar-refractivity contribution in [2.75, 3.05) is 0 Å². The number of amides is 1. The maximum atomic E-state index is 12.0. The smallest absolute Gasteiger partial charge is 0.256 e. The molecule has 0 radical (unpaired) electrons. The summed E-state index contributed by atoms with van der Waals surface area (Å²) in [5, 5.41) is 8.95. The fourth-order valence-electron chi connectivity index (χ4n) is 2.38. The SMILES string of the molecule is CCCC(C(=O)NN)n1c(CC#N)nc2ccccc21. The van der Waals surface area contributed by atoms with Gasteiger partial charge in [0.2, 0.25) is 0 Å². The highest BCUT2D eigenvalue weighted by Gasteiger charge is 2.24. The van der Waals surface area contributed by atoms with E-state index in [-0.39, 0.29) is 12.3 Å². The Kier molecular flexibility index (Phi) is 4.33. The molecule has 0 fully saturated rings. The monoisotopic (exact) mass is 271 g/mol. The van der Waals surface area contributed by atoms with E-state index in [2.05, 4.69) is 16.5 Å². The highest BCUT2D eigenvalue weighted by molar-refractivity contribution is 5.84. The third-order valence-electron chi connectivity index (χ3n) is 3.22. The number of aromatic nitrogens is 2. The largest absolute Gasteiger partial charge is 0.314 e. The average Bonchev–Trinajstić information content (AvgIpc) is 2.82. The number of hydrogen-bond donors (Lipinski definition) is 2. The first kappa shape index (κ1) is 14.0. The molecule has 1 unspecified atom stereocenters. The molecule has 0 saturated carbocycles. The van der Waals surface area contributed by atoms with Crippen molar-refractivity contribution in [2.45, 2.75) is 32.2 Å². The molecule has 0 bridgehead atoms. The predicted octanol–water partition coefficient (Wildman–Crippen LogP) is 1.43. The molecule has 6 nitrogen and oxygen atoms in total. The number of para-hydroxylation sites is 2. The van der Waals surface area contributed by atoms with E-state index in [0.717, 1.165) is 17.5 Å². The Labute approximate surface area is 117 Å². The maximum Gasteiger partial charge on any atom is 0.256 e. The van der Waals surface area contributed by atoms with Crippen molar-refractivity contribution in [3.63, 3.8) is 0 Å². The Balaban J connectivity index is 2.62. The van der Waals surface area contributed by atoms with Crippen LogP contribution in [0.25, 0.3) is 11.0 Å². The molecule has 0 aliphatic carbocycles. The van der Waals surface area contributed by atoms with Gasteiger partial charge in [0.1, 0.15) is 11.9 Å². The van der Waals surface area contributed by atoms with Crippen molar-refractivity contribution in [1.82, 2.24) is 15.0 Å². The number of carbonyl (C=O) groups excluding carboxylic acids is 1. The van der Waals surface area contributed by atoms with Crippen LogP contribution in [0.1, 0.15) is 31.6 Å². The third-order valence-corrected chi connectivity index (χ3v) is 3.22. The lowest BCUT2D eigenvalue weighted by molar-refractivity contribution is -0.124. The van der Waals surface area contributed by atoms with E-state index in [0.29, 0.717) is 12.2 Å². The highest BCUT2D eigenvalue weighted by Crippen LogP contribution is 2.24. The highest BCUT2D eigenvalue weighted by atomic mass is 16.2. The summed E-state index contributed by atoms with van der Waals surface area (Å²) in [6.07, 6.45) is 1.63. The lowest BCUT2D eigenvalue weighted by Crippen LogP contribution is -2.37. The number of imidazole rings is 1. The van der Waals surface area contributed by atoms with Crippen molar-refractivity contribution in [3.05, 3.63) is 30.1 Å². The molecule has 0 aliphatic heterocycles. The molecule has 1 amide bonds. The molecule has 0 saturated heterocycles. The Morgan fingerprint density at radius 3 is 2.95 bits per heavy atom. The van der Waals surface area contributed by atoms with Crippen LogP contribution in [0.4, 0.5) is 0 Å². The van der Waals surface area contributed by atoms with Gasteiger partial charge in [0.25, 0.3) is 5.91 Å². The normalized spacial score (nSPS) is 12.1. The van der Waals surface area contributed by atoms with E-state index in [1.165, 1.54) is 0 Å². The van der Waals surface area contributed by atoms with Gasteiger partial charge in [0.15, 0.2) is 0 Å². The summed E-state index contributed by atoms with van der Waals surface area (Å²) >= 11 is 0. The van der Waals surface area contributed by atoms with Crippen molar-refractivity contribution in [2.24, 2.45) is 5.84 Å². The van der Waals surface area contributed by atoms with Crippen LogP contribution in [0.15, 0.2) is 24.3 Å². The Morgan fingerprint density at radius 1 is 1.55 bits per heavy atom. The maximum absolute atomic E-state index is 12.0. The molecule has 20 heavy (non-hydrogen) atoms. The van der Waals surface area contributed by atoms with Crippen LogP contribution in [-0.4, -0.2) is 15.5 Å². The Bertz CT molecular complexity index is 655. The van der Waals surface area contributed by atoms with E-state index < -0.39 is 6.04 Å². The molecule has 2 aromatic rings. The molecule has 0 spiro atoms. The molecule has 6 heteroatoms. The van der Waals surface area contributed by atoms with E-state index in [1.54, 1.807) is 0 Å². The predicted molar refractivity (Wildman–Crippen MR) is 75.3 cm³/mol. The zero-order chi connectivity index (χ0) is 14.5. The molecular weight excluding hydrogens is 254 g/mol. The first-order chi connectivity index (χ1) is 9.72. The van der Waals surface area contributed by atoms with Gasteiger partial charge in [-0.2, -0.15) is 5.26 Å². The number of hydrogen-bond acceptors (Lipinski definition) is 4. The van der Waals surface area contributed by atoms with Crippen molar-refractivity contribution in [3.8, 4) is 6.07 Å². The van der Waals surface area contributed by atoms with E-state index in [4.69, 9.17) is 11.1 Å². The van der Waals surface area contributed by atoms with Crippen molar-refractivity contribution < 1.29 is 4.79 Å². The van der Waals surface area contributed by atoms with Crippen LogP contribution in [0.2, 0.25) is 0 Å². The number of nitrogens with two attached hydrogens (primary N) is 1. The summed E-state index contributed by atoms with van der Waals surface area (Å²) in [6.45, 7) is 2.00. The summed E-state index contributed by atoms with van der Waals surface area (Å²) in [4.78, 5) is 16.5. The first-order valence-electron chi connectivity index (χ1n) is 6.56. The minimum Gasteiger partial charge on any atom is -0.314 e. The van der Waals surface area contributed by atoms with E-state index in [1.807, 2.05) is 35.8 Å². The zero-order valence-electron chi connectivity index (χ0n) is 11.3. The van der Waals surface area contributed by atoms with Gasteiger partial charge in [0.05, 0.1) is 23.5 Å². The van der Waals surface area contributed by atoms with Gasteiger partial charge in [-0.3, -0.25) is 10.2 Å². The summed E-state index contributed by atoms with van der Waals surface area (Å²) < 4.78 is 1.82. The molecule has 1 heterocycles. The van der Waals surface area contributed by atoms with E-state index >= 15 is 0 Å². The minimum absolute atomic E-state index is 0.159. The number of nitrogens with one attached hydrogen (secondary N) is 1. The second-order valence-electron chi connectivity index (χ2n) is 4.53. The molecule has 1 aromatic carbocycles. The fraction of sp³-hybridized carbons (Fsp3) is 0.357. The number of hydrazine groups is 1. The van der Waals surface area contributed by atoms with Crippen LogP contribution in [0.5, 0.6) is 0 Å². The summed E-state index contributed by atoms with van der Waals surface area (Å²) in [5.41, 5.74) is 3.83. The van der Waals surface area contributed by atoms with Crippen LogP contribution in [-0.2, 0) is 11.2 Å². The number of nitriles is 1. The topological polar surface area (TPSA) is 96.7 Å². The Hall–Kier alpha value is -2.39. The molecule has 2 rings (SSSR count). The van der Waals surface area contributed by atoms with Gasteiger partial charge < -0.3 is 4.57 Å². The third kappa shape index (κ3) is 2.49. The molecule has 0 aliphatic rings. The molecule has 3 N–H and O–H groups in total. The summed E-state index contributed by atoms with van der Waals surface area (Å²) in [6, 6.07) is 9.19.